The molecule has 0 fully saturated rings. The van der Waals surface area contributed by atoms with E-state index >= 15 is 0 Å². The van der Waals surface area contributed by atoms with Gasteiger partial charge in [0, 0.05) is 11.1 Å². The average Bonchev–Trinajstić information content (AvgIpc) is 2.68. The van der Waals surface area contributed by atoms with Crippen LogP contribution < -0.4 is 4.74 Å². The fourth-order valence-electron chi connectivity index (χ4n) is 2.70. The van der Waals surface area contributed by atoms with Crippen molar-refractivity contribution in [2.75, 3.05) is 0 Å². The Hall–Kier alpha value is -2.65. The summed E-state index contributed by atoms with van der Waals surface area (Å²) in [5, 5.41) is 0. The molecular weight excluding hydrogens is 351 g/mol. The van der Waals surface area contributed by atoms with Crippen LogP contribution in [0.2, 0.25) is 0 Å². The number of alkyl halides is 1. The molecule has 4 heteroatoms. The lowest BCUT2D eigenvalue weighted by molar-refractivity contribution is -0.135. The van der Waals surface area contributed by atoms with E-state index in [1.54, 1.807) is 37.3 Å². The van der Waals surface area contributed by atoms with Crippen molar-refractivity contribution in [3.8, 4) is 16.9 Å². The topological polar surface area (TPSA) is 26.3 Å². The summed E-state index contributed by atoms with van der Waals surface area (Å²) in [5.41, 5.74) is 2.60. The molecule has 0 bridgehead atoms. The number of carbonyl (C=O) groups is 1. The Morgan fingerprint density at radius 1 is 1.04 bits per heavy atom. The second-order valence-corrected chi connectivity index (χ2v) is 6.26. The van der Waals surface area contributed by atoms with Gasteiger partial charge in [0.2, 0.25) is 0 Å². The molecule has 0 aromatic heterocycles. The Morgan fingerprint density at radius 2 is 1.73 bits per heavy atom. The van der Waals surface area contributed by atoms with Crippen LogP contribution in [0.5, 0.6) is 5.75 Å². The van der Waals surface area contributed by atoms with Crippen LogP contribution in [0, 0.1) is 5.82 Å². The van der Waals surface area contributed by atoms with Crippen LogP contribution in [-0.2, 0) is 10.7 Å². The van der Waals surface area contributed by atoms with Gasteiger partial charge in [0.1, 0.15) is 11.6 Å². The zero-order valence-corrected chi connectivity index (χ0v) is 15.0. The summed E-state index contributed by atoms with van der Waals surface area (Å²) in [6.45, 7) is 1.70. The molecule has 0 saturated carbocycles. The van der Waals surface area contributed by atoms with E-state index in [9.17, 15) is 9.18 Å². The SMILES string of the molecule is CC(C(=O)Oc1ccccc1CCl)c1ccc(-c2ccccc2)c(F)c1. The van der Waals surface area contributed by atoms with E-state index in [2.05, 4.69) is 0 Å². The average molecular weight is 369 g/mol. The van der Waals surface area contributed by atoms with Gasteiger partial charge >= 0.3 is 5.97 Å². The van der Waals surface area contributed by atoms with Crippen LogP contribution in [0.3, 0.4) is 0 Å². The molecule has 0 amide bonds. The van der Waals surface area contributed by atoms with Crippen molar-refractivity contribution in [3.63, 3.8) is 0 Å². The number of carbonyl (C=O) groups excluding carboxylic acids is 1. The molecule has 3 aromatic rings. The molecule has 132 valence electrons. The lowest BCUT2D eigenvalue weighted by Gasteiger charge is -2.14. The number of para-hydroxylation sites is 1. The molecular formula is C22H18ClFO2. The summed E-state index contributed by atoms with van der Waals surface area (Å²) in [7, 11) is 0. The lowest BCUT2D eigenvalue weighted by Crippen LogP contribution is -2.17. The zero-order chi connectivity index (χ0) is 18.5. The van der Waals surface area contributed by atoms with E-state index in [1.807, 2.05) is 36.4 Å². The standard InChI is InChI=1S/C22H18ClFO2/c1-15(22(25)26-21-10-6-5-9-18(21)14-23)17-11-12-19(20(24)13-17)16-7-3-2-4-8-16/h2-13,15H,14H2,1H3. The van der Waals surface area contributed by atoms with Crippen molar-refractivity contribution in [2.45, 2.75) is 18.7 Å². The van der Waals surface area contributed by atoms with E-state index in [1.165, 1.54) is 6.07 Å². The van der Waals surface area contributed by atoms with Gasteiger partial charge in [0.05, 0.1) is 11.8 Å². The van der Waals surface area contributed by atoms with Crippen molar-refractivity contribution in [1.29, 1.82) is 0 Å². The molecule has 0 saturated heterocycles. The number of rotatable bonds is 5. The molecule has 1 atom stereocenters. The van der Waals surface area contributed by atoms with Gasteiger partial charge in [-0.3, -0.25) is 4.79 Å². The third kappa shape index (κ3) is 3.94. The Balaban J connectivity index is 1.80. The van der Waals surface area contributed by atoms with Crippen molar-refractivity contribution in [1.82, 2.24) is 0 Å². The fourth-order valence-corrected chi connectivity index (χ4v) is 2.92. The van der Waals surface area contributed by atoms with Crippen LogP contribution in [0.15, 0.2) is 72.8 Å². The van der Waals surface area contributed by atoms with Crippen LogP contribution in [0.1, 0.15) is 24.0 Å². The monoisotopic (exact) mass is 368 g/mol. The highest BCUT2D eigenvalue weighted by Gasteiger charge is 2.20. The van der Waals surface area contributed by atoms with Gasteiger partial charge in [-0.05, 0) is 30.2 Å². The van der Waals surface area contributed by atoms with E-state index in [0.29, 0.717) is 16.9 Å². The Morgan fingerprint density at radius 3 is 2.42 bits per heavy atom. The summed E-state index contributed by atoms with van der Waals surface area (Å²) in [6.07, 6.45) is 0. The first-order valence-corrected chi connectivity index (χ1v) is 8.84. The van der Waals surface area contributed by atoms with Gasteiger partial charge in [0.15, 0.2) is 0 Å². The van der Waals surface area contributed by atoms with E-state index < -0.39 is 11.9 Å². The first-order chi connectivity index (χ1) is 12.6. The minimum atomic E-state index is -0.599. The molecule has 0 heterocycles. The highest BCUT2D eigenvalue weighted by Crippen LogP contribution is 2.28. The zero-order valence-electron chi connectivity index (χ0n) is 14.3. The number of halogens is 2. The summed E-state index contributed by atoms with van der Waals surface area (Å²) in [6, 6.07) is 21.2. The van der Waals surface area contributed by atoms with Gasteiger partial charge in [-0.25, -0.2) is 4.39 Å². The Kier molecular flexibility index (Phi) is 5.69. The molecule has 0 radical (unpaired) electrons. The molecule has 2 nitrogen and oxygen atoms in total. The molecule has 0 aliphatic carbocycles. The van der Waals surface area contributed by atoms with Gasteiger partial charge in [0.25, 0.3) is 0 Å². The molecule has 0 aliphatic heterocycles. The maximum absolute atomic E-state index is 14.5. The third-order valence-electron chi connectivity index (χ3n) is 4.26. The van der Waals surface area contributed by atoms with E-state index in [4.69, 9.17) is 16.3 Å². The fraction of sp³-hybridized carbons (Fsp3) is 0.136. The minimum absolute atomic E-state index is 0.248. The molecule has 0 N–H and O–H groups in total. The molecule has 1 unspecified atom stereocenters. The summed E-state index contributed by atoms with van der Waals surface area (Å²) >= 11 is 5.87. The van der Waals surface area contributed by atoms with Gasteiger partial charge in [-0.15, -0.1) is 11.6 Å². The van der Waals surface area contributed by atoms with Gasteiger partial charge in [-0.2, -0.15) is 0 Å². The second-order valence-electron chi connectivity index (χ2n) is 5.99. The van der Waals surface area contributed by atoms with Crippen LogP contribution in [0.25, 0.3) is 11.1 Å². The Labute approximate surface area is 157 Å². The van der Waals surface area contributed by atoms with Crippen LogP contribution in [-0.4, -0.2) is 5.97 Å². The molecule has 3 rings (SSSR count). The highest BCUT2D eigenvalue weighted by atomic mass is 35.5. The largest absolute Gasteiger partial charge is 0.426 e. The highest BCUT2D eigenvalue weighted by molar-refractivity contribution is 6.17. The second kappa shape index (κ2) is 8.15. The predicted octanol–water partition coefficient (Wildman–Crippen LogP) is 5.94. The molecule has 3 aromatic carbocycles. The van der Waals surface area contributed by atoms with E-state index in [-0.39, 0.29) is 11.7 Å². The molecule has 26 heavy (non-hydrogen) atoms. The summed E-state index contributed by atoms with van der Waals surface area (Å²) < 4.78 is 20.0. The maximum atomic E-state index is 14.5. The lowest BCUT2D eigenvalue weighted by atomic mass is 9.97. The quantitative estimate of drug-likeness (QED) is 0.316. The maximum Gasteiger partial charge on any atom is 0.318 e. The van der Waals surface area contributed by atoms with Crippen molar-refractivity contribution in [3.05, 3.63) is 89.7 Å². The normalized spacial score (nSPS) is 11.8. The Bertz CT molecular complexity index is 909. The number of hydrogen-bond donors (Lipinski definition) is 0. The predicted molar refractivity (Wildman–Crippen MR) is 102 cm³/mol. The van der Waals surface area contributed by atoms with E-state index in [0.717, 1.165) is 11.1 Å². The van der Waals surface area contributed by atoms with Gasteiger partial charge in [-0.1, -0.05) is 60.7 Å². The first-order valence-electron chi connectivity index (χ1n) is 8.30. The molecule has 0 spiro atoms. The van der Waals surface area contributed by atoms with Crippen LogP contribution >= 0.6 is 11.6 Å². The van der Waals surface area contributed by atoms with Crippen molar-refractivity contribution < 1.29 is 13.9 Å². The van der Waals surface area contributed by atoms with Crippen molar-refractivity contribution >= 4 is 17.6 Å². The summed E-state index contributed by atoms with van der Waals surface area (Å²) in [4.78, 5) is 12.5. The number of benzene rings is 3. The number of ether oxygens (including phenoxy) is 1. The molecule has 0 aliphatic rings. The van der Waals surface area contributed by atoms with Gasteiger partial charge < -0.3 is 4.74 Å². The minimum Gasteiger partial charge on any atom is -0.426 e. The first kappa shape index (κ1) is 18.2. The van der Waals surface area contributed by atoms with Crippen LogP contribution in [0.4, 0.5) is 4.39 Å². The number of esters is 1. The van der Waals surface area contributed by atoms with Crippen molar-refractivity contribution in [2.24, 2.45) is 0 Å². The number of hydrogen-bond acceptors (Lipinski definition) is 2. The third-order valence-corrected chi connectivity index (χ3v) is 4.55. The smallest absolute Gasteiger partial charge is 0.318 e. The summed E-state index contributed by atoms with van der Waals surface area (Å²) in [5.74, 6) is -0.736.